The molecule has 0 aliphatic rings. The van der Waals surface area contributed by atoms with Crippen LogP contribution < -0.4 is 4.90 Å². The molecule has 0 aromatic heterocycles. The highest BCUT2D eigenvalue weighted by atomic mass is 16.5. The second-order valence-corrected chi connectivity index (χ2v) is 5.26. The minimum Gasteiger partial charge on any atom is -0.478 e. The van der Waals surface area contributed by atoms with E-state index in [4.69, 9.17) is 4.74 Å². The number of amides is 1. The predicted octanol–water partition coefficient (Wildman–Crippen LogP) is 2.97. The Kier molecular flexibility index (Phi) is 5.13. The second-order valence-electron chi connectivity index (χ2n) is 5.26. The third-order valence-electron chi connectivity index (χ3n) is 3.61. The number of carboxylic acid groups (broad SMARTS) is 1. The third-order valence-corrected chi connectivity index (χ3v) is 3.61. The first-order valence-corrected chi connectivity index (χ1v) is 7.14. The van der Waals surface area contributed by atoms with E-state index in [0.29, 0.717) is 11.3 Å². The summed E-state index contributed by atoms with van der Waals surface area (Å²) in [5.74, 6) is -1.39. The summed E-state index contributed by atoms with van der Waals surface area (Å²) in [5, 5.41) is 9.47. The van der Waals surface area contributed by atoms with Crippen LogP contribution in [-0.4, -0.2) is 37.7 Å². The minimum absolute atomic E-state index is 0.0787. The number of benzene rings is 2. The van der Waals surface area contributed by atoms with E-state index in [1.54, 1.807) is 13.1 Å². The average molecular weight is 313 g/mol. The topological polar surface area (TPSA) is 66.8 Å². The molecule has 0 saturated carbocycles. The maximum Gasteiger partial charge on any atom is 0.337 e. The Morgan fingerprint density at radius 3 is 2.35 bits per heavy atom. The van der Waals surface area contributed by atoms with Crippen molar-refractivity contribution in [2.24, 2.45) is 0 Å². The standard InChI is InChI=1S/C18H19NO4/c1-12-7-9-13(10-8-12)14-5-4-6-15(18(21)22)17(14)19(2)16(20)11-23-3/h4-10H,11H2,1-3H3,(H,21,22). The van der Waals surface area contributed by atoms with Gasteiger partial charge in [-0.15, -0.1) is 0 Å². The largest absolute Gasteiger partial charge is 0.478 e. The van der Waals surface area contributed by atoms with Gasteiger partial charge in [0.15, 0.2) is 0 Å². The van der Waals surface area contributed by atoms with E-state index >= 15 is 0 Å². The summed E-state index contributed by atoms with van der Waals surface area (Å²) in [6.45, 7) is 1.87. The van der Waals surface area contributed by atoms with Gasteiger partial charge in [0.05, 0.1) is 11.3 Å². The number of nitrogens with zero attached hydrogens (tertiary/aromatic N) is 1. The number of methoxy groups -OCH3 is 1. The first-order valence-electron chi connectivity index (χ1n) is 7.14. The number of aromatic carboxylic acids is 1. The molecule has 0 unspecified atom stereocenters. The first kappa shape index (κ1) is 16.7. The number of likely N-dealkylation sites (N-methyl/N-ethyl adjacent to an activating group) is 1. The maximum absolute atomic E-state index is 12.2. The summed E-state index contributed by atoms with van der Waals surface area (Å²) >= 11 is 0. The van der Waals surface area contributed by atoms with Crippen molar-refractivity contribution in [1.29, 1.82) is 0 Å². The maximum atomic E-state index is 12.2. The van der Waals surface area contributed by atoms with Crippen molar-refractivity contribution in [3.05, 3.63) is 53.6 Å². The van der Waals surface area contributed by atoms with Crippen LogP contribution in [0.2, 0.25) is 0 Å². The number of para-hydroxylation sites is 1. The zero-order valence-electron chi connectivity index (χ0n) is 13.4. The van der Waals surface area contributed by atoms with Crippen molar-refractivity contribution >= 4 is 17.6 Å². The Morgan fingerprint density at radius 1 is 1.13 bits per heavy atom. The zero-order chi connectivity index (χ0) is 17.0. The fourth-order valence-electron chi connectivity index (χ4n) is 2.39. The van der Waals surface area contributed by atoms with E-state index in [2.05, 4.69) is 0 Å². The van der Waals surface area contributed by atoms with Crippen LogP contribution in [0.15, 0.2) is 42.5 Å². The minimum atomic E-state index is -1.08. The molecule has 0 heterocycles. The van der Waals surface area contributed by atoms with Crippen LogP contribution >= 0.6 is 0 Å². The lowest BCUT2D eigenvalue weighted by Gasteiger charge is -2.22. The van der Waals surface area contributed by atoms with E-state index < -0.39 is 5.97 Å². The molecule has 1 N–H and O–H groups in total. The summed E-state index contributed by atoms with van der Waals surface area (Å²) in [5.41, 5.74) is 3.09. The van der Waals surface area contributed by atoms with Crippen LogP contribution in [0.3, 0.4) is 0 Å². The molecule has 2 aromatic rings. The number of carbonyl (C=O) groups excluding carboxylic acids is 1. The van der Waals surface area contributed by atoms with Crippen LogP contribution in [-0.2, 0) is 9.53 Å². The molecular formula is C18H19NO4. The van der Waals surface area contributed by atoms with Gasteiger partial charge < -0.3 is 14.7 Å². The van der Waals surface area contributed by atoms with Gasteiger partial charge in [-0.1, -0.05) is 42.0 Å². The molecule has 2 rings (SSSR count). The van der Waals surface area contributed by atoms with Gasteiger partial charge in [0.2, 0.25) is 0 Å². The molecule has 0 radical (unpaired) electrons. The van der Waals surface area contributed by atoms with E-state index in [1.807, 2.05) is 37.3 Å². The quantitative estimate of drug-likeness (QED) is 0.921. The zero-order valence-corrected chi connectivity index (χ0v) is 13.4. The summed E-state index contributed by atoms with van der Waals surface area (Å²) in [7, 11) is 2.98. The van der Waals surface area contributed by atoms with Crippen LogP contribution in [0.25, 0.3) is 11.1 Å². The Bertz CT molecular complexity index is 722. The lowest BCUT2D eigenvalue weighted by atomic mass is 9.98. The number of carbonyl (C=O) groups is 2. The summed E-state index contributed by atoms with van der Waals surface area (Å²) < 4.78 is 4.87. The number of aryl methyl sites for hydroxylation is 1. The third kappa shape index (κ3) is 3.57. The molecule has 0 spiro atoms. The lowest BCUT2D eigenvalue weighted by molar-refractivity contribution is -0.121. The van der Waals surface area contributed by atoms with E-state index in [-0.39, 0.29) is 18.1 Å². The number of anilines is 1. The number of hydrogen-bond acceptors (Lipinski definition) is 3. The Morgan fingerprint density at radius 2 is 1.78 bits per heavy atom. The van der Waals surface area contributed by atoms with Crippen LogP contribution in [0.1, 0.15) is 15.9 Å². The van der Waals surface area contributed by atoms with Crippen molar-refractivity contribution in [2.45, 2.75) is 6.92 Å². The average Bonchev–Trinajstić information content (AvgIpc) is 2.54. The molecule has 0 bridgehead atoms. The van der Waals surface area contributed by atoms with E-state index in [9.17, 15) is 14.7 Å². The molecule has 0 fully saturated rings. The number of ether oxygens (including phenoxy) is 1. The number of rotatable bonds is 5. The first-order chi connectivity index (χ1) is 11.0. The van der Waals surface area contributed by atoms with Crippen molar-refractivity contribution < 1.29 is 19.4 Å². The number of hydrogen-bond donors (Lipinski definition) is 1. The van der Waals surface area contributed by atoms with Gasteiger partial charge in [0, 0.05) is 19.7 Å². The van der Waals surface area contributed by atoms with Crippen molar-refractivity contribution in [3.63, 3.8) is 0 Å². The van der Waals surface area contributed by atoms with Gasteiger partial charge in [-0.2, -0.15) is 0 Å². The van der Waals surface area contributed by atoms with Gasteiger partial charge in [-0.05, 0) is 18.6 Å². The van der Waals surface area contributed by atoms with Gasteiger partial charge in [0.25, 0.3) is 5.91 Å². The Hall–Kier alpha value is -2.66. The predicted molar refractivity (Wildman–Crippen MR) is 88.9 cm³/mol. The lowest BCUT2D eigenvalue weighted by Crippen LogP contribution is -2.31. The number of carboxylic acids is 1. The molecule has 1 amide bonds. The molecule has 0 saturated heterocycles. The SMILES string of the molecule is COCC(=O)N(C)c1c(C(=O)O)cccc1-c1ccc(C)cc1. The molecule has 2 aromatic carbocycles. The van der Waals surface area contributed by atoms with Gasteiger partial charge in [-0.3, -0.25) is 4.79 Å². The highest BCUT2D eigenvalue weighted by molar-refractivity contribution is 6.06. The van der Waals surface area contributed by atoms with Gasteiger partial charge >= 0.3 is 5.97 Å². The molecular weight excluding hydrogens is 294 g/mol. The van der Waals surface area contributed by atoms with Gasteiger partial charge in [0.1, 0.15) is 6.61 Å². The molecule has 5 nitrogen and oxygen atoms in total. The smallest absolute Gasteiger partial charge is 0.337 e. The van der Waals surface area contributed by atoms with Gasteiger partial charge in [-0.25, -0.2) is 4.79 Å². The van der Waals surface area contributed by atoms with Crippen LogP contribution in [0, 0.1) is 6.92 Å². The monoisotopic (exact) mass is 313 g/mol. The summed E-state index contributed by atoms with van der Waals surface area (Å²) in [6.07, 6.45) is 0. The van der Waals surface area contributed by atoms with Crippen LogP contribution in [0.4, 0.5) is 5.69 Å². The van der Waals surface area contributed by atoms with Crippen LogP contribution in [0.5, 0.6) is 0 Å². The van der Waals surface area contributed by atoms with E-state index in [1.165, 1.54) is 18.1 Å². The fraction of sp³-hybridized carbons (Fsp3) is 0.222. The molecule has 5 heteroatoms. The summed E-state index contributed by atoms with van der Waals surface area (Å²) in [4.78, 5) is 25.1. The van der Waals surface area contributed by atoms with E-state index in [0.717, 1.165) is 11.1 Å². The Labute approximate surface area is 135 Å². The molecule has 0 aliphatic carbocycles. The molecule has 0 atom stereocenters. The highest BCUT2D eigenvalue weighted by Gasteiger charge is 2.22. The Balaban J connectivity index is 2.62. The molecule has 120 valence electrons. The van der Waals surface area contributed by atoms with Crippen molar-refractivity contribution in [3.8, 4) is 11.1 Å². The van der Waals surface area contributed by atoms with Crippen molar-refractivity contribution in [2.75, 3.05) is 25.7 Å². The highest BCUT2D eigenvalue weighted by Crippen LogP contribution is 2.34. The summed E-state index contributed by atoms with van der Waals surface area (Å²) in [6, 6.07) is 12.7. The molecule has 0 aliphatic heterocycles. The van der Waals surface area contributed by atoms with Crippen molar-refractivity contribution in [1.82, 2.24) is 0 Å². The second kappa shape index (κ2) is 7.07. The molecule has 23 heavy (non-hydrogen) atoms. The fourth-order valence-corrected chi connectivity index (χ4v) is 2.39. The normalized spacial score (nSPS) is 10.4.